The van der Waals surface area contributed by atoms with Crippen LogP contribution in [0.3, 0.4) is 0 Å². The van der Waals surface area contributed by atoms with Gasteiger partial charge in [0.1, 0.15) is 12.4 Å². The number of carbonyl (C=O) groups is 2. The van der Waals surface area contributed by atoms with Crippen molar-refractivity contribution in [1.29, 1.82) is 0 Å². The normalized spacial score (nSPS) is 16.8. The van der Waals surface area contributed by atoms with E-state index < -0.39 is 12.1 Å². The monoisotopic (exact) mass is 485 g/mol. The molecule has 3 rings (SSSR count). The molecule has 182 valence electrons. The molecule has 2 aromatic rings. The maximum absolute atomic E-state index is 12.3. The third-order valence-corrected chi connectivity index (χ3v) is 6.35. The van der Waals surface area contributed by atoms with E-state index in [4.69, 9.17) is 21.4 Å². The molecule has 0 aliphatic carbocycles. The van der Waals surface area contributed by atoms with Crippen LogP contribution in [0.4, 0.5) is 0 Å². The van der Waals surface area contributed by atoms with Crippen molar-refractivity contribution in [3.8, 4) is 5.75 Å². The number of hydrogen-bond acceptors (Lipinski definition) is 4. The van der Waals surface area contributed by atoms with Crippen molar-refractivity contribution < 1.29 is 24.5 Å². The quantitative estimate of drug-likeness (QED) is 0.287. The Kier molecular flexibility index (Phi) is 9.98. The number of carboxylic acid groups (broad SMARTS) is 1. The topological polar surface area (TPSA) is 87.1 Å². The smallest absolute Gasteiger partial charge is 0.303 e. The highest BCUT2D eigenvalue weighted by atomic mass is 35.5. The van der Waals surface area contributed by atoms with E-state index in [0.29, 0.717) is 42.3 Å². The van der Waals surface area contributed by atoms with E-state index >= 15 is 0 Å². The van der Waals surface area contributed by atoms with Gasteiger partial charge in [-0.15, -0.1) is 0 Å². The molecule has 2 N–H and O–H groups in total. The Morgan fingerprint density at radius 2 is 1.94 bits per heavy atom. The fourth-order valence-electron chi connectivity index (χ4n) is 4.07. The number of unbranched alkanes of at least 4 members (excludes halogenated alkanes) is 3. The standard InChI is InChI=1S/C27H32ClNO5/c28-24-11-5-4-8-21(24)19-34-23-10-7-9-20(18-23)25(30)15-13-22-14-16-26(31)29(22)17-6-2-1-3-12-27(32)33/h4-5,7-11,13,15,18,22,25,30H,1-3,6,12,14,16-17,19H2,(H,32,33)/t22-,25?/m0/s1. The second-order valence-corrected chi connectivity index (χ2v) is 8.94. The van der Waals surface area contributed by atoms with E-state index in [1.807, 2.05) is 53.4 Å². The number of hydrogen-bond donors (Lipinski definition) is 2. The lowest BCUT2D eigenvalue weighted by atomic mass is 10.1. The summed E-state index contributed by atoms with van der Waals surface area (Å²) in [5, 5.41) is 20.0. The van der Waals surface area contributed by atoms with Gasteiger partial charge < -0.3 is 19.8 Å². The molecule has 7 heteroatoms. The Balaban J connectivity index is 1.51. The summed E-state index contributed by atoms with van der Waals surface area (Å²) in [5.74, 6) is 0.00579. The van der Waals surface area contributed by atoms with Crippen molar-refractivity contribution >= 4 is 23.5 Å². The summed E-state index contributed by atoms with van der Waals surface area (Å²) in [6.45, 7) is 0.993. The van der Waals surface area contributed by atoms with Crippen LogP contribution in [0.15, 0.2) is 60.7 Å². The first kappa shape index (κ1) is 25.8. The van der Waals surface area contributed by atoms with Gasteiger partial charge in [0.15, 0.2) is 0 Å². The molecule has 1 saturated heterocycles. The fraction of sp³-hybridized carbons (Fsp3) is 0.407. The van der Waals surface area contributed by atoms with Gasteiger partial charge in [-0.2, -0.15) is 0 Å². The second-order valence-electron chi connectivity index (χ2n) is 8.53. The van der Waals surface area contributed by atoms with Crippen LogP contribution in [-0.4, -0.2) is 39.6 Å². The number of aliphatic hydroxyl groups is 1. The molecule has 0 bridgehead atoms. The number of nitrogens with zero attached hydrogens (tertiary/aromatic N) is 1. The summed E-state index contributed by atoms with van der Waals surface area (Å²) in [6.07, 6.45) is 7.55. The summed E-state index contributed by atoms with van der Waals surface area (Å²) in [5.41, 5.74) is 1.60. The lowest BCUT2D eigenvalue weighted by molar-refractivity contribution is -0.137. The second kappa shape index (κ2) is 13.2. The Bertz CT molecular complexity index is 992. The summed E-state index contributed by atoms with van der Waals surface area (Å²) in [4.78, 5) is 24.7. The number of halogens is 1. The Morgan fingerprint density at radius 1 is 1.15 bits per heavy atom. The van der Waals surface area contributed by atoms with Crippen LogP contribution in [0.25, 0.3) is 0 Å². The minimum absolute atomic E-state index is 0.0270. The molecule has 0 spiro atoms. The molecule has 2 aromatic carbocycles. The minimum Gasteiger partial charge on any atom is -0.489 e. The third kappa shape index (κ3) is 7.89. The number of carbonyl (C=O) groups excluding carboxylic acids is 1. The first-order valence-electron chi connectivity index (χ1n) is 11.8. The van der Waals surface area contributed by atoms with E-state index in [1.165, 1.54) is 0 Å². The molecule has 2 atom stereocenters. The van der Waals surface area contributed by atoms with Crippen LogP contribution in [0.5, 0.6) is 5.75 Å². The average Bonchev–Trinajstić information content (AvgIpc) is 3.18. The summed E-state index contributed by atoms with van der Waals surface area (Å²) >= 11 is 6.18. The molecule has 0 saturated carbocycles. The maximum Gasteiger partial charge on any atom is 0.303 e. The molecule has 1 heterocycles. The van der Waals surface area contributed by atoms with Gasteiger partial charge in [0.05, 0.1) is 12.1 Å². The molecule has 0 aromatic heterocycles. The van der Waals surface area contributed by atoms with Crippen molar-refractivity contribution in [2.24, 2.45) is 0 Å². The SMILES string of the molecule is O=C(O)CCCCCCN1C(=O)CC[C@@H]1C=CC(O)c1cccc(OCc2ccccc2Cl)c1. The molecule has 6 nitrogen and oxygen atoms in total. The third-order valence-electron chi connectivity index (χ3n) is 5.98. The van der Waals surface area contributed by atoms with Gasteiger partial charge in [-0.3, -0.25) is 9.59 Å². The van der Waals surface area contributed by atoms with Crippen molar-refractivity contribution in [3.05, 3.63) is 76.8 Å². The van der Waals surface area contributed by atoms with Gasteiger partial charge in [0, 0.05) is 30.0 Å². The van der Waals surface area contributed by atoms with Gasteiger partial charge in [-0.1, -0.05) is 66.9 Å². The van der Waals surface area contributed by atoms with Crippen molar-refractivity contribution in [1.82, 2.24) is 4.90 Å². The molecule has 1 unspecified atom stereocenters. The summed E-state index contributed by atoms with van der Waals surface area (Å²) < 4.78 is 5.85. The number of likely N-dealkylation sites (tertiary alicyclic amines) is 1. The molecular formula is C27H32ClNO5. The number of aliphatic carboxylic acids is 1. The number of rotatable bonds is 13. The van der Waals surface area contributed by atoms with Gasteiger partial charge >= 0.3 is 5.97 Å². The zero-order valence-electron chi connectivity index (χ0n) is 19.2. The highest BCUT2D eigenvalue weighted by Gasteiger charge is 2.28. The van der Waals surface area contributed by atoms with Crippen LogP contribution in [0.2, 0.25) is 5.02 Å². The Morgan fingerprint density at radius 3 is 2.74 bits per heavy atom. The molecule has 34 heavy (non-hydrogen) atoms. The summed E-state index contributed by atoms with van der Waals surface area (Å²) in [7, 11) is 0. The molecular weight excluding hydrogens is 454 g/mol. The first-order valence-corrected chi connectivity index (χ1v) is 12.2. The van der Waals surface area contributed by atoms with Gasteiger partial charge in [0.2, 0.25) is 5.91 Å². The molecule has 1 fully saturated rings. The minimum atomic E-state index is -0.808. The van der Waals surface area contributed by atoms with Gasteiger partial charge in [-0.25, -0.2) is 0 Å². The fourth-order valence-corrected chi connectivity index (χ4v) is 4.26. The van der Waals surface area contributed by atoms with Crippen LogP contribution >= 0.6 is 11.6 Å². The number of carboxylic acids is 1. The lowest BCUT2D eigenvalue weighted by Gasteiger charge is -2.22. The highest BCUT2D eigenvalue weighted by Crippen LogP contribution is 2.25. The maximum atomic E-state index is 12.3. The van der Waals surface area contributed by atoms with Crippen LogP contribution in [-0.2, 0) is 16.2 Å². The molecule has 1 aliphatic rings. The predicted molar refractivity (Wildman–Crippen MR) is 132 cm³/mol. The number of aliphatic hydroxyl groups excluding tert-OH is 1. The van der Waals surface area contributed by atoms with E-state index in [9.17, 15) is 14.7 Å². The zero-order chi connectivity index (χ0) is 24.3. The largest absolute Gasteiger partial charge is 0.489 e. The predicted octanol–water partition coefficient (Wildman–Crippen LogP) is 5.53. The Hall–Kier alpha value is -2.83. The van der Waals surface area contributed by atoms with Crippen LogP contribution < -0.4 is 4.74 Å². The van der Waals surface area contributed by atoms with Crippen molar-refractivity contribution in [2.45, 2.75) is 63.7 Å². The lowest BCUT2D eigenvalue weighted by Crippen LogP contribution is -2.32. The Labute approximate surface area is 205 Å². The van der Waals surface area contributed by atoms with E-state index in [0.717, 1.165) is 31.2 Å². The zero-order valence-corrected chi connectivity index (χ0v) is 20.0. The van der Waals surface area contributed by atoms with Gasteiger partial charge in [0.25, 0.3) is 0 Å². The number of amides is 1. The molecule has 1 amide bonds. The number of benzene rings is 2. The van der Waals surface area contributed by atoms with E-state index in [-0.39, 0.29) is 18.4 Å². The highest BCUT2D eigenvalue weighted by molar-refractivity contribution is 6.31. The number of ether oxygens (including phenoxy) is 1. The van der Waals surface area contributed by atoms with Crippen LogP contribution in [0.1, 0.15) is 62.2 Å². The van der Waals surface area contributed by atoms with E-state index in [1.54, 1.807) is 12.1 Å². The molecule has 1 aliphatic heterocycles. The van der Waals surface area contributed by atoms with Crippen molar-refractivity contribution in [2.75, 3.05) is 6.54 Å². The van der Waals surface area contributed by atoms with E-state index in [2.05, 4.69) is 0 Å². The van der Waals surface area contributed by atoms with Crippen LogP contribution in [0, 0.1) is 0 Å². The van der Waals surface area contributed by atoms with Gasteiger partial charge in [-0.05, 0) is 43.0 Å². The first-order chi connectivity index (χ1) is 16.4. The summed E-state index contributed by atoms with van der Waals surface area (Å²) in [6, 6.07) is 14.8. The molecule has 0 radical (unpaired) electrons. The van der Waals surface area contributed by atoms with Crippen molar-refractivity contribution in [3.63, 3.8) is 0 Å². The average molecular weight is 486 g/mol.